The smallest absolute Gasteiger partial charge is 0.227 e. The molecule has 0 spiro atoms. The van der Waals surface area contributed by atoms with Gasteiger partial charge in [-0.25, -0.2) is 0 Å². The van der Waals surface area contributed by atoms with E-state index in [1.807, 2.05) is 23.1 Å². The van der Waals surface area contributed by atoms with Gasteiger partial charge in [-0.05, 0) is 30.9 Å². The molecule has 3 heteroatoms. The molecular weight excluding hydrogens is 278 g/mol. The van der Waals surface area contributed by atoms with E-state index in [4.69, 9.17) is 0 Å². The van der Waals surface area contributed by atoms with Crippen molar-refractivity contribution in [1.82, 2.24) is 4.90 Å². The van der Waals surface area contributed by atoms with Crippen molar-refractivity contribution in [3.8, 4) is 0 Å². The molecule has 1 aliphatic rings. The standard InChI is InChI=1S/C14H18BrNO/c1-11-5-2-3-6-12(11)9-14(17)16-8-4-7-13(15)10-16/h2-3,5-6,13H,4,7-10H2,1H3. The highest BCUT2D eigenvalue weighted by atomic mass is 79.9. The molecule has 1 amide bonds. The van der Waals surface area contributed by atoms with E-state index in [2.05, 4.69) is 28.9 Å². The number of nitrogens with zero attached hydrogens (tertiary/aromatic N) is 1. The fraction of sp³-hybridized carbons (Fsp3) is 0.500. The van der Waals surface area contributed by atoms with Gasteiger partial charge >= 0.3 is 0 Å². The number of carbonyl (C=O) groups excluding carboxylic acids is 1. The third kappa shape index (κ3) is 3.32. The van der Waals surface area contributed by atoms with Crippen molar-refractivity contribution in [2.75, 3.05) is 13.1 Å². The Bertz CT molecular complexity index is 405. The van der Waals surface area contributed by atoms with E-state index < -0.39 is 0 Å². The summed E-state index contributed by atoms with van der Waals surface area (Å²) in [6.45, 7) is 3.82. The van der Waals surface area contributed by atoms with Crippen LogP contribution in [0.25, 0.3) is 0 Å². The van der Waals surface area contributed by atoms with Crippen LogP contribution in [0.1, 0.15) is 24.0 Å². The van der Waals surface area contributed by atoms with E-state index in [0.717, 1.165) is 25.1 Å². The number of rotatable bonds is 2. The van der Waals surface area contributed by atoms with Gasteiger partial charge in [-0.3, -0.25) is 4.79 Å². The van der Waals surface area contributed by atoms with E-state index >= 15 is 0 Å². The second-order valence-electron chi connectivity index (χ2n) is 4.68. The first-order chi connectivity index (χ1) is 8.16. The lowest BCUT2D eigenvalue weighted by Gasteiger charge is -2.30. The molecule has 0 aliphatic carbocycles. The largest absolute Gasteiger partial charge is 0.341 e. The van der Waals surface area contributed by atoms with Gasteiger partial charge in [0.25, 0.3) is 0 Å². The predicted molar refractivity (Wildman–Crippen MR) is 73.4 cm³/mol. The number of likely N-dealkylation sites (tertiary alicyclic amines) is 1. The van der Waals surface area contributed by atoms with E-state index in [1.165, 1.54) is 12.0 Å². The fourth-order valence-electron chi connectivity index (χ4n) is 2.24. The second-order valence-corrected chi connectivity index (χ2v) is 5.98. The van der Waals surface area contributed by atoms with Crippen LogP contribution in [0.4, 0.5) is 0 Å². The lowest BCUT2D eigenvalue weighted by Crippen LogP contribution is -2.41. The molecule has 0 bridgehead atoms. The minimum absolute atomic E-state index is 0.253. The SMILES string of the molecule is Cc1ccccc1CC(=O)N1CCCC(Br)C1. The minimum atomic E-state index is 0.253. The number of piperidine rings is 1. The Labute approximate surface area is 111 Å². The molecule has 92 valence electrons. The molecule has 0 N–H and O–H groups in total. The molecule has 17 heavy (non-hydrogen) atoms. The monoisotopic (exact) mass is 295 g/mol. The first-order valence-corrected chi connectivity index (χ1v) is 7.05. The molecule has 0 radical (unpaired) electrons. The quantitative estimate of drug-likeness (QED) is 0.768. The summed E-state index contributed by atoms with van der Waals surface area (Å²) >= 11 is 3.60. The molecule has 1 aromatic rings. The van der Waals surface area contributed by atoms with E-state index in [-0.39, 0.29) is 5.91 Å². The third-order valence-electron chi connectivity index (χ3n) is 3.32. The van der Waals surface area contributed by atoms with Crippen molar-refractivity contribution in [3.05, 3.63) is 35.4 Å². The Morgan fingerprint density at radius 2 is 2.24 bits per heavy atom. The Morgan fingerprint density at radius 1 is 1.47 bits per heavy atom. The Morgan fingerprint density at radius 3 is 2.94 bits per heavy atom. The van der Waals surface area contributed by atoms with Crippen molar-refractivity contribution in [2.45, 2.75) is 31.0 Å². The van der Waals surface area contributed by atoms with Gasteiger partial charge in [0.15, 0.2) is 0 Å². The molecule has 2 nitrogen and oxygen atoms in total. The van der Waals surface area contributed by atoms with Crippen LogP contribution >= 0.6 is 15.9 Å². The molecule has 1 aliphatic heterocycles. The van der Waals surface area contributed by atoms with Crippen LogP contribution in [-0.2, 0) is 11.2 Å². The van der Waals surface area contributed by atoms with E-state index in [0.29, 0.717) is 11.2 Å². The van der Waals surface area contributed by atoms with E-state index in [9.17, 15) is 4.79 Å². The van der Waals surface area contributed by atoms with E-state index in [1.54, 1.807) is 0 Å². The average molecular weight is 296 g/mol. The zero-order valence-corrected chi connectivity index (χ0v) is 11.7. The van der Waals surface area contributed by atoms with Crippen LogP contribution in [0.15, 0.2) is 24.3 Å². The normalized spacial score (nSPS) is 20.4. The minimum Gasteiger partial charge on any atom is -0.341 e. The van der Waals surface area contributed by atoms with Gasteiger partial charge in [0.1, 0.15) is 0 Å². The number of aryl methyl sites for hydroxylation is 1. The summed E-state index contributed by atoms with van der Waals surface area (Å²) in [5.74, 6) is 0.253. The molecule has 2 rings (SSSR count). The maximum absolute atomic E-state index is 12.2. The van der Waals surface area contributed by atoms with Crippen molar-refractivity contribution < 1.29 is 4.79 Å². The maximum atomic E-state index is 12.2. The first kappa shape index (κ1) is 12.6. The molecule has 0 saturated carbocycles. The summed E-state index contributed by atoms with van der Waals surface area (Å²) in [6, 6.07) is 8.12. The lowest BCUT2D eigenvalue weighted by molar-refractivity contribution is -0.131. The molecular formula is C14H18BrNO. The number of hydrogen-bond acceptors (Lipinski definition) is 1. The van der Waals surface area contributed by atoms with Crippen LogP contribution in [0, 0.1) is 6.92 Å². The highest BCUT2D eigenvalue weighted by Crippen LogP contribution is 2.18. The fourth-order valence-corrected chi connectivity index (χ4v) is 2.91. The topological polar surface area (TPSA) is 20.3 Å². The summed E-state index contributed by atoms with van der Waals surface area (Å²) in [4.78, 5) is 14.6. The van der Waals surface area contributed by atoms with Crippen LogP contribution in [0.2, 0.25) is 0 Å². The first-order valence-electron chi connectivity index (χ1n) is 6.13. The summed E-state index contributed by atoms with van der Waals surface area (Å²) in [5.41, 5.74) is 2.35. The number of carbonyl (C=O) groups is 1. The second kappa shape index (κ2) is 5.67. The lowest BCUT2D eigenvalue weighted by atomic mass is 10.0. The van der Waals surface area contributed by atoms with Crippen LogP contribution in [0.5, 0.6) is 0 Å². The Kier molecular flexibility index (Phi) is 4.21. The summed E-state index contributed by atoms with van der Waals surface area (Å²) in [5, 5.41) is 0. The average Bonchev–Trinajstić information content (AvgIpc) is 2.32. The van der Waals surface area contributed by atoms with Gasteiger partial charge in [-0.1, -0.05) is 40.2 Å². The molecule has 1 heterocycles. The third-order valence-corrected chi connectivity index (χ3v) is 4.07. The van der Waals surface area contributed by atoms with Gasteiger partial charge in [0.2, 0.25) is 5.91 Å². The number of benzene rings is 1. The zero-order chi connectivity index (χ0) is 12.3. The number of alkyl halides is 1. The summed E-state index contributed by atoms with van der Waals surface area (Å²) in [6.07, 6.45) is 2.82. The predicted octanol–water partition coefficient (Wildman–Crippen LogP) is 2.92. The highest BCUT2D eigenvalue weighted by molar-refractivity contribution is 9.09. The van der Waals surface area contributed by atoms with Crippen molar-refractivity contribution in [2.24, 2.45) is 0 Å². The van der Waals surface area contributed by atoms with Gasteiger partial charge < -0.3 is 4.90 Å². The van der Waals surface area contributed by atoms with Crippen molar-refractivity contribution >= 4 is 21.8 Å². The summed E-state index contributed by atoms with van der Waals surface area (Å²) in [7, 11) is 0. The van der Waals surface area contributed by atoms with Gasteiger partial charge in [-0.2, -0.15) is 0 Å². The zero-order valence-electron chi connectivity index (χ0n) is 10.2. The van der Waals surface area contributed by atoms with Gasteiger partial charge in [0, 0.05) is 17.9 Å². The molecule has 1 aromatic carbocycles. The van der Waals surface area contributed by atoms with Gasteiger partial charge in [-0.15, -0.1) is 0 Å². The number of halogens is 1. The van der Waals surface area contributed by atoms with Crippen LogP contribution < -0.4 is 0 Å². The van der Waals surface area contributed by atoms with Crippen LogP contribution in [0.3, 0.4) is 0 Å². The summed E-state index contributed by atoms with van der Waals surface area (Å²) < 4.78 is 0. The molecule has 0 aromatic heterocycles. The maximum Gasteiger partial charge on any atom is 0.227 e. The Balaban J connectivity index is 1.99. The molecule has 1 fully saturated rings. The molecule has 1 atom stereocenters. The molecule has 1 unspecified atom stereocenters. The van der Waals surface area contributed by atoms with Crippen molar-refractivity contribution in [1.29, 1.82) is 0 Å². The molecule has 1 saturated heterocycles. The van der Waals surface area contributed by atoms with Crippen molar-refractivity contribution in [3.63, 3.8) is 0 Å². The number of amides is 1. The highest BCUT2D eigenvalue weighted by Gasteiger charge is 2.21. The number of hydrogen-bond donors (Lipinski definition) is 0. The van der Waals surface area contributed by atoms with Gasteiger partial charge in [0.05, 0.1) is 6.42 Å². The Hall–Kier alpha value is -0.830. The van der Waals surface area contributed by atoms with Crippen LogP contribution in [-0.4, -0.2) is 28.7 Å².